The molecule has 29 heavy (non-hydrogen) atoms. The first-order chi connectivity index (χ1) is 13.4. The summed E-state index contributed by atoms with van der Waals surface area (Å²) in [6.07, 6.45) is 2.73. The van der Waals surface area contributed by atoms with Gasteiger partial charge in [-0.25, -0.2) is 12.8 Å². The first-order valence-electron chi connectivity index (χ1n) is 8.90. The monoisotopic (exact) mass is 435 g/mol. The number of benzene rings is 1. The third kappa shape index (κ3) is 4.48. The van der Waals surface area contributed by atoms with E-state index in [9.17, 15) is 22.7 Å². The molecule has 1 aromatic carbocycles. The van der Waals surface area contributed by atoms with Gasteiger partial charge in [0.1, 0.15) is 5.67 Å². The molecule has 0 amide bonds. The van der Waals surface area contributed by atoms with Crippen LogP contribution in [0.5, 0.6) is 0 Å². The summed E-state index contributed by atoms with van der Waals surface area (Å²) in [5, 5.41) is 10.2. The van der Waals surface area contributed by atoms with Crippen LogP contribution in [0.3, 0.4) is 0 Å². The van der Waals surface area contributed by atoms with Crippen LogP contribution in [0.1, 0.15) is 30.5 Å². The van der Waals surface area contributed by atoms with Crippen LogP contribution in [-0.2, 0) is 26.7 Å². The van der Waals surface area contributed by atoms with Gasteiger partial charge < -0.3 is 9.51 Å². The molecule has 0 radical (unpaired) electrons. The van der Waals surface area contributed by atoms with Gasteiger partial charge in [0.15, 0.2) is 9.84 Å². The maximum absolute atomic E-state index is 14.5. The van der Waals surface area contributed by atoms with E-state index in [4.69, 9.17) is 0 Å². The summed E-state index contributed by atoms with van der Waals surface area (Å²) in [5.41, 5.74) is 1.03. The van der Waals surface area contributed by atoms with Crippen molar-refractivity contribution in [2.24, 2.45) is 0 Å². The minimum absolute atomic E-state index is 0.168. The fourth-order valence-electron chi connectivity index (χ4n) is 3.15. The predicted octanol–water partition coefficient (Wildman–Crippen LogP) is 4.63. The summed E-state index contributed by atoms with van der Waals surface area (Å²) in [7, 11) is -3.28. The quantitative estimate of drug-likeness (QED) is 0.611. The summed E-state index contributed by atoms with van der Waals surface area (Å²) in [5.74, 6) is -0.959. The van der Waals surface area contributed by atoms with E-state index in [-0.39, 0.29) is 11.3 Å². The van der Waals surface area contributed by atoms with Crippen molar-refractivity contribution in [3.63, 3.8) is 0 Å². The number of hydrogen-bond acceptors (Lipinski definition) is 4. The number of carboxylic acids is 1. The highest BCUT2D eigenvalue weighted by atomic mass is 32.2. The summed E-state index contributed by atoms with van der Waals surface area (Å²) >= 11 is 1.41. The molecule has 0 fully saturated rings. The number of sulfone groups is 1. The van der Waals surface area contributed by atoms with E-state index < -0.39 is 21.5 Å². The molecule has 2 aromatic heterocycles. The highest BCUT2D eigenvalue weighted by molar-refractivity contribution is 7.99. The lowest BCUT2D eigenvalue weighted by atomic mass is 10.00. The lowest BCUT2D eigenvalue weighted by Gasteiger charge is -2.15. The molecule has 0 saturated heterocycles. The van der Waals surface area contributed by atoms with Gasteiger partial charge in [0, 0.05) is 17.3 Å². The minimum Gasteiger partial charge on any atom is -0.481 e. The molecular weight excluding hydrogens is 413 g/mol. The summed E-state index contributed by atoms with van der Waals surface area (Å²) in [6, 6.07) is 9.91. The molecule has 0 bridgehead atoms. The van der Waals surface area contributed by atoms with Gasteiger partial charge in [0.25, 0.3) is 0 Å². The minimum atomic E-state index is -3.28. The number of carbonyl (C=O) groups is 1. The molecule has 0 spiro atoms. The normalized spacial score (nSPS) is 12.4. The molecule has 0 atom stereocenters. The number of alkyl halides is 1. The molecule has 1 N–H and O–H groups in total. The third-order valence-electron chi connectivity index (χ3n) is 4.74. The van der Waals surface area contributed by atoms with Crippen molar-refractivity contribution in [1.29, 1.82) is 0 Å². The summed E-state index contributed by atoms with van der Waals surface area (Å²) in [6.45, 7) is 4.77. The number of halogens is 1. The second kappa shape index (κ2) is 7.50. The van der Waals surface area contributed by atoms with Crippen LogP contribution in [0, 0.1) is 6.92 Å². The van der Waals surface area contributed by atoms with Gasteiger partial charge >= 0.3 is 5.97 Å². The second-order valence-electron chi connectivity index (χ2n) is 7.47. The van der Waals surface area contributed by atoms with E-state index in [0.717, 1.165) is 21.7 Å². The lowest BCUT2D eigenvalue weighted by Crippen LogP contribution is -2.09. The van der Waals surface area contributed by atoms with Crippen molar-refractivity contribution in [1.82, 2.24) is 4.40 Å². The second-order valence-corrected chi connectivity index (χ2v) is 10.5. The average Bonchev–Trinajstić information content (AvgIpc) is 2.85. The molecular formula is C21H22FNO4S2. The smallest absolute Gasteiger partial charge is 0.307 e. The maximum Gasteiger partial charge on any atom is 0.307 e. The van der Waals surface area contributed by atoms with E-state index in [1.165, 1.54) is 25.6 Å². The number of rotatable bonds is 6. The Kier molecular flexibility index (Phi) is 5.53. The van der Waals surface area contributed by atoms with E-state index in [1.54, 1.807) is 42.6 Å². The van der Waals surface area contributed by atoms with Crippen LogP contribution in [0.15, 0.2) is 57.4 Å². The number of hydrogen-bond donors (Lipinski definition) is 1. The Hall–Kier alpha value is -2.32. The van der Waals surface area contributed by atoms with Crippen LogP contribution >= 0.6 is 11.8 Å². The maximum atomic E-state index is 14.5. The zero-order valence-electron chi connectivity index (χ0n) is 16.6. The van der Waals surface area contributed by atoms with Gasteiger partial charge in [-0.05, 0) is 73.9 Å². The van der Waals surface area contributed by atoms with Crippen molar-refractivity contribution in [2.45, 2.75) is 47.7 Å². The van der Waals surface area contributed by atoms with Gasteiger partial charge in [-0.15, -0.1) is 0 Å². The van der Waals surface area contributed by atoms with Crippen LogP contribution in [0.4, 0.5) is 4.39 Å². The van der Waals surface area contributed by atoms with Crippen molar-refractivity contribution in [3.05, 3.63) is 59.3 Å². The van der Waals surface area contributed by atoms with Crippen LogP contribution in [-0.4, -0.2) is 30.2 Å². The molecule has 2 heterocycles. The van der Waals surface area contributed by atoms with Crippen molar-refractivity contribution in [2.75, 3.05) is 6.26 Å². The van der Waals surface area contributed by atoms with E-state index in [1.807, 2.05) is 11.3 Å². The molecule has 8 heteroatoms. The largest absolute Gasteiger partial charge is 0.481 e. The summed E-state index contributed by atoms with van der Waals surface area (Å²) in [4.78, 5) is 12.5. The van der Waals surface area contributed by atoms with Gasteiger partial charge in [-0.1, -0.05) is 11.8 Å². The van der Waals surface area contributed by atoms with Gasteiger partial charge in [0.05, 0.1) is 21.9 Å². The third-order valence-corrected chi connectivity index (χ3v) is 7.07. The molecule has 0 unspecified atom stereocenters. The first kappa shape index (κ1) is 21.4. The Morgan fingerprint density at radius 3 is 2.34 bits per heavy atom. The van der Waals surface area contributed by atoms with Gasteiger partial charge in [0.2, 0.25) is 0 Å². The van der Waals surface area contributed by atoms with E-state index in [0.29, 0.717) is 16.6 Å². The molecule has 0 aliphatic heterocycles. The fraction of sp³-hybridized carbons (Fsp3) is 0.286. The molecule has 0 aliphatic carbocycles. The highest BCUT2D eigenvalue weighted by Crippen LogP contribution is 2.37. The Morgan fingerprint density at radius 2 is 1.83 bits per heavy atom. The Morgan fingerprint density at radius 1 is 1.21 bits per heavy atom. The average molecular weight is 436 g/mol. The van der Waals surface area contributed by atoms with Crippen LogP contribution in [0.2, 0.25) is 0 Å². The number of pyridine rings is 1. The Labute approximate surface area is 173 Å². The van der Waals surface area contributed by atoms with E-state index in [2.05, 4.69) is 0 Å². The van der Waals surface area contributed by atoms with E-state index >= 15 is 0 Å². The SMILES string of the molecule is Cc1c(CC(=O)O)c2cc(C(C)(C)F)ccn2c1Sc1ccc(S(C)(=O)=O)cc1. The Bertz CT molecular complexity index is 1190. The van der Waals surface area contributed by atoms with Crippen molar-refractivity contribution >= 4 is 33.1 Å². The number of aromatic nitrogens is 1. The predicted molar refractivity (Wildman–Crippen MR) is 111 cm³/mol. The van der Waals surface area contributed by atoms with Gasteiger partial charge in [-0.3, -0.25) is 4.79 Å². The highest BCUT2D eigenvalue weighted by Gasteiger charge is 2.23. The summed E-state index contributed by atoms with van der Waals surface area (Å²) < 4.78 is 39.6. The fourth-order valence-corrected chi connectivity index (χ4v) is 4.81. The molecule has 3 rings (SSSR count). The number of carboxylic acid groups (broad SMARTS) is 1. The zero-order chi connectivity index (χ0) is 21.6. The number of nitrogens with zero attached hydrogens (tertiary/aromatic N) is 1. The molecule has 5 nitrogen and oxygen atoms in total. The first-order valence-corrected chi connectivity index (χ1v) is 11.6. The number of aliphatic carboxylic acids is 1. The lowest BCUT2D eigenvalue weighted by molar-refractivity contribution is -0.136. The topological polar surface area (TPSA) is 75.8 Å². The number of fused-ring (bicyclic) bond motifs is 1. The standard InChI is InChI=1S/C21H22FNO4S2/c1-13-17(12-19(24)25)18-11-14(21(2,3)22)9-10-23(18)20(13)28-15-5-7-16(8-6-15)29(4,26)27/h5-11H,12H2,1-4H3,(H,24,25). The van der Waals surface area contributed by atoms with Gasteiger partial charge in [-0.2, -0.15) is 0 Å². The molecule has 154 valence electrons. The Balaban J connectivity index is 2.12. The van der Waals surface area contributed by atoms with Crippen LogP contribution in [0.25, 0.3) is 5.52 Å². The molecule has 0 aliphatic rings. The molecule has 0 saturated carbocycles. The van der Waals surface area contributed by atoms with Crippen molar-refractivity contribution < 1.29 is 22.7 Å². The van der Waals surface area contributed by atoms with Crippen LogP contribution < -0.4 is 0 Å². The molecule has 3 aromatic rings. The van der Waals surface area contributed by atoms with Crippen molar-refractivity contribution in [3.8, 4) is 0 Å². The zero-order valence-corrected chi connectivity index (χ0v) is 18.2.